The Morgan fingerprint density at radius 3 is 2.86 bits per heavy atom. The van der Waals surface area contributed by atoms with Crippen LogP contribution in [0.5, 0.6) is 0 Å². The summed E-state index contributed by atoms with van der Waals surface area (Å²) in [6.45, 7) is 5.51. The highest BCUT2D eigenvalue weighted by atomic mass is 35.5. The van der Waals surface area contributed by atoms with Crippen molar-refractivity contribution in [2.24, 2.45) is 5.92 Å². The molecule has 1 unspecified atom stereocenters. The molecule has 0 spiro atoms. The smallest absolute Gasteiger partial charge is 0.0426 e. The third kappa shape index (κ3) is 4.01. The average molecular weight is 212 g/mol. The molecule has 1 N–H and O–H groups in total. The summed E-state index contributed by atoms with van der Waals surface area (Å²) in [7, 11) is 0. The first-order valence-corrected chi connectivity index (χ1v) is 5.59. The summed E-state index contributed by atoms with van der Waals surface area (Å²) < 4.78 is 0. The summed E-state index contributed by atoms with van der Waals surface area (Å²) in [6, 6.07) is 7.86. The second-order valence-corrected chi connectivity index (χ2v) is 4.22. The number of rotatable bonds is 5. The molecule has 0 fully saturated rings. The van der Waals surface area contributed by atoms with Crippen LogP contribution in [0.15, 0.2) is 24.3 Å². The molecule has 0 aliphatic carbocycles. The van der Waals surface area contributed by atoms with E-state index in [9.17, 15) is 0 Å². The van der Waals surface area contributed by atoms with Gasteiger partial charge in [0.1, 0.15) is 0 Å². The normalized spacial score (nSPS) is 12.5. The predicted octanol–water partition coefficient (Wildman–Crippen LogP) is 4.19. The van der Waals surface area contributed by atoms with Gasteiger partial charge in [0.2, 0.25) is 0 Å². The molecule has 78 valence electrons. The van der Waals surface area contributed by atoms with E-state index in [1.807, 2.05) is 24.3 Å². The van der Waals surface area contributed by atoms with Crippen molar-refractivity contribution in [1.82, 2.24) is 0 Å². The van der Waals surface area contributed by atoms with E-state index in [1.54, 1.807) is 0 Å². The summed E-state index contributed by atoms with van der Waals surface area (Å²) in [5.41, 5.74) is 1.11. The molecule has 2 heteroatoms. The molecule has 0 amide bonds. The van der Waals surface area contributed by atoms with Gasteiger partial charge in [0.15, 0.2) is 0 Å². The molecule has 1 aromatic rings. The quantitative estimate of drug-likeness (QED) is 0.770. The molecule has 1 atom stereocenters. The van der Waals surface area contributed by atoms with Crippen LogP contribution in [0.25, 0.3) is 0 Å². The zero-order valence-corrected chi connectivity index (χ0v) is 9.64. The minimum absolute atomic E-state index is 0.721. The van der Waals surface area contributed by atoms with E-state index in [1.165, 1.54) is 12.8 Å². The zero-order valence-electron chi connectivity index (χ0n) is 8.89. The molecular weight excluding hydrogens is 194 g/mol. The zero-order chi connectivity index (χ0) is 10.4. The summed E-state index contributed by atoms with van der Waals surface area (Å²) >= 11 is 5.88. The third-order valence-electron chi connectivity index (χ3n) is 2.26. The Balaban J connectivity index is 2.37. The second kappa shape index (κ2) is 5.92. The van der Waals surface area contributed by atoms with Crippen LogP contribution in [0.4, 0.5) is 5.69 Å². The average Bonchev–Trinajstić information content (AvgIpc) is 2.15. The van der Waals surface area contributed by atoms with Gasteiger partial charge < -0.3 is 5.32 Å². The molecule has 0 heterocycles. The number of anilines is 1. The molecule has 1 aromatic carbocycles. The van der Waals surface area contributed by atoms with Gasteiger partial charge in [-0.2, -0.15) is 0 Å². The number of nitrogens with one attached hydrogen (secondary N) is 1. The summed E-state index contributed by atoms with van der Waals surface area (Å²) in [5.74, 6) is 0.721. The maximum atomic E-state index is 5.88. The van der Waals surface area contributed by atoms with Gasteiger partial charge in [-0.15, -0.1) is 0 Å². The van der Waals surface area contributed by atoms with Gasteiger partial charge in [-0.1, -0.05) is 37.9 Å². The van der Waals surface area contributed by atoms with Gasteiger partial charge in [-0.3, -0.25) is 0 Å². The molecule has 0 saturated heterocycles. The first kappa shape index (κ1) is 11.4. The van der Waals surface area contributed by atoms with Crippen LogP contribution in [0, 0.1) is 5.92 Å². The largest absolute Gasteiger partial charge is 0.385 e. The Labute approximate surface area is 91.5 Å². The van der Waals surface area contributed by atoms with Crippen LogP contribution in [0.3, 0.4) is 0 Å². The van der Waals surface area contributed by atoms with Crippen LogP contribution in [0.1, 0.15) is 26.7 Å². The fourth-order valence-corrected chi connectivity index (χ4v) is 1.68. The van der Waals surface area contributed by atoms with E-state index in [4.69, 9.17) is 11.6 Å². The molecule has 0 saturated carbocycles. The van der Waals surface area contributed by atoms with E-state index in [-0.39, 0.29) is 0 Å². The molecular formula is C12H18ClN. The lowest BCUT2D eigenvalue weighted by molar-refractivity contribution is 0.551. The van der Waals surface area contributed by atoms with E-state index in [0.717, 1.165) is 23.2 Å². The summed E-state index contributed by atoms with van der Waals surface area (Å²) in [6.07, 6.45) is 2.52. The topological polar surface area (TPSA) is 12.0 Å². The van der Waals surface area contributed by atoms with Crippen molar-refractivity contribution < 1.29 is 0 Å². The Morgan fingerprint density at radius 2 is 2.21 bits per heavy atom. The van der Waals surface area contributed by atoms with E-state index in [0.29, 0.717) is 0 Å². The molecule has 0 aliphatic rings. The van der Waals surface area contributed by atoms with Crippen LogP contribution < -0.4 is 5.32 Å². The van der Waals surface area contributed by atoms with Gasteiger partial charge in [0.05, 0.1) is 0 Å². The van der Waals surface area contributed by atoms with Gasteiger partial charge in [0, 0.05) is 17.3 Å². The molecule has 14 heavy (non-hydrogen) atoms. The highest BCUT2D eigenvalue weighted by Crippen LogP contribution is 2.15. The van der Waals surface area contributed by atoms with Crippen LogP contribution in [-0.2, 0) is 0 Å². The number of halogens is 1. The standard InChI is InChI=1S/C12H18ClN/c1-3-5-10(2)9-14-12-7-4-6-11(13)8-12/h4,6-8,10,14H,3,5,9H2,1-2H3. The van der Waals surface area contributed by atoms with Crippen molar-refractivity contribution in [2.75, 3.05) is 11.9 Å². The van der Waals surface area contributed by atoms with Crippen molar-refractivity contribution >= 4 is 17.3 Å². The SMILES string of the molecule is CCCC(C)CNc1cccc(Cl)c1. The molecule has 1 nitrogen and oxygen atoms in total. The number of hydrogen-bond donors (Lipinski definition) is 1. The number of hydrogen-bond acceptors (Lipinski definition) is 1. The third-order valence-corrected chi connectivity index (χ3v) is 2.50. The Bertz CT molecular complexity index is 273. The summed E-state index contributed by atoms with van der Waals surface area (Å²) in [5, 5.41) is 4.18. The molecule has 0 bridgehead atoms. The first-order chi connectivity index (χ1) is 6.72. The highest BCUT2D eigenvalue weighted by molar-refractivity contribution is 6.30. The molecule has 0 aliphatic heterocycles. The van der Waals surface area contributed by atoms with Gasteiger partial charge in [-0.05, 0) is 30.5 Å². The minimum atomic E-state index is 0.721. The predicted molar refractivity (Wildman–Crippen MR) is 64.0 cm³/mol. The fourth-order valence-electron chi connectivity index (χ4n) is 1.49. The minimum Gasteiger partial charge on any atom is -0.385 e. The molecule has 1 rings (SSSR count). The van der Waals surface area contributed by atoms with E-state index in [2.05, 4.69) is 19.2 Å². The molecule has 0 radical (unpaired) electrons. The van der Waals surface area contributed by atoms with Gasteiger partial charge >= 0.3 is 0 Å². The molecule has 0 aromatic heterocycles. The van der Waals surface area contributed by atoms with Crippen LogP contribution in [-0.4, -0.2) is 6.54 Å². The second-order valence-electron chi connectivity index (χ2n) is 3.79. The van der Waals surface area contributed by atoms with Crippen molar-refractivity contribution in [3.63, 3.8) is 0 Å². The van der Waals surface area contributed by atoms with E-state index >= 15 is 0 Å². The lowest BCUT2D eigenvalue weighted by atomic mass is 10.1. The lowest BCUT2D eigenvalue weighted by Gasteiger charge is -2.12. The van der Waals surface area contributed by atoms with Crippen molar-refractivity contribution in [3.8, 4) is 0 Å². The summed E-state index contributed by atoms with van der Waals surface area (Å²) in [4.78, 5) is 0. The Hall–Kier alpha value is -0.690. The highest BCUT2D eigenvalue weighted by Gasteiger charge is 2.00. The lowest BCUT2D eigenvalue weighted by Crippen LogP contribution is -2.10. The maximum Gasteiger partial charge on any atom is 0.0426 e. The maximum absolute atomic E-state index is 5.88. The van der Waals surface area contributed by atoms with Crippen molar-refractivity contribution in [3.05, 3.63) is 29.3 Å². The fraction of sp³-hybridized carbons (Fsp3) is 0.500. The van der Waals surface area contributed by atoms with Crippen molar-refractivity contribution in [2.45, 2.75) is 26.7 Å². The Morgan fingerprint density at radius 1 is 1.43 bits per heavy atom. The van der Waals surface area contributed by atoms with Crippen molar-refractivity contribution in [1.29, 1.82) is 0 Å². The van der Waals surface area contributed by atoms with Gasteiger partial charge in [-0.25, -0.2) is 0 Å². The first-order valence-electron chi connectivity index (χ1n) is 5.21. The number of benzene rings is 1. The van der Waals surface area contributed by atoms with Gasteiger partial charge in [0.25, 0.3) is 0 Å². The van der Waals surface area contributed by atoms with Crippen LogP contribution in [0.2, 0.25) is 5.02 Å². The van der Waals surface area contributed by atoms with Crippen LogP contribution >= 0.6 is 11.6 Å². The van der Waals surface area contributed by atoms with E-state index < -0.39 is 0 Å². The monoisotopic (exact) mass is 211 g/mol. The Kier molecular flexibility index (Phi) is 4.81.